The van der Waals surface area contributed by atoms with Crippen molar-refractivity contribution in [3.8, 4) is 0 Å². The second-order valence-electron chi connectivity index (χ2n) is 7.76. The summed E-state index contributed by atoms with van der Waals surface area (Å²) >= 11 is 5.68. The molecule has 120 valence electrons. The van der Waals surface area contributed by atoms with Crippen LogP contribution < -0.4 is 5.32 Å². The van der Waals surface area contributed by atoms with Crippen LogP contribution in [0.25, 0.3) is 0 Å². The first-order valence-electron chi connectivity index (χ1n) is 8.30. The normalized spacial score (nSPS) is 18.3. The van der Waals surface area contributed by atoms with E-state index in [2.05, 4.69) is 55.0 Å². The molecule has 0 radical (unpaired) electrons. The van der Waals surface area contributed by atoms with Crippen molar-refractivity contribution in [2.24, 2.45) is 5.41 Å². The zero-order chi connectivity index (χ0) is 15.5. The average Bonchev–Trinajstić information content (AvgIpc) is 2.93. The van der Waals surface area contributed by atoms with Gasteiger partial charge in [-0.25, -0.2) is 0 Å². The summed E-state index contributed by atoms with van der Waals surface area (Å²) in [6, 6.07) is 2.27. The molecule has 1 aromatic heterocycles. The lowest BCUT2D eigenvalue weighted by Gasteiger charge is -2.31. The Morgan fingerprint density at radius 3 is 2.43 bits per heavy atom. The Kier molecular flexibility index (Phi) is 5.95. The van der Waals surface area contributed by atoms with Gasteiger partial charge in [0.15, 0.2) is 0 Å². The van der Waals surface area contributed by atoms with E-state index in [1.54, 1.807) is 4.88 Å². The molecule has 0 aliphatic heterocycles. The molecule has 0 unspecified atom stereocenters. The summed E-state index contributed by atoms with van der Waals surface area (Å²) in [7, 11) is 0. The quantitative estimate of drug-likeness (QED) is 0.637. The number of hydrogen-bond acceptors (Lipinski definition) is 2. The van der Waals surface area contributed by atoms with Gasteiger partial charge in [-0.15, -0.1) is 11.3 Å². The molecule has 1 N–H and O–H groups in total. The van der Waals surface area contributed by atoms with Crippen LogP contribution >= 0.6 is 27.3 Å². The standard InChI is InChI=1S/C18H30BrNS/c1-14-13-15(19)16(21-14)7-10-18(8-5-6-9-18)11-12-20-17(2,3)4/h13,20H,5-12H2,1-4H3. The van der Waals surface area contributed by atoms with Gasteiger partial charge in [-0.2, -0.15) is 0 Å². The van der Waals surface area contributed by atoms with Crippen molar-refractivity contribution in [2.45, 2.75) is 78.2 Å². The van der Waals surface area contributed by atoms with Gasteiger partial charge in [0.25, 0.3) is 0 Å². The van der Waals surface area contributed by atoms with Crippen LogP contribution in [0.4, 0.5) is 0 Å². The predicted molar refractivity (Wildman–Crippen MR) is 98.4 cm³/mol. The fourth-order valence-corrected chi connectivity index (χ4v) is 5.40. The number of thiophene rings is 1. The minimum atomic E-state index is 0.244. The van der Waals surface area contributed by atoms with Crippen molar-refractivity contribution in [3.05, 3.63) is 20.3 Å². The van der Waals surface area contributed by atoms with Gasteiger partial charge in [-0.05, 0) is 93.8 Å². The minimum absolute atomic E-state index is 0.244. The predicted octanol–water partition coefficient (Wildman–Crippen LogP) is 6.09. The highest BCUT2D eigenvalue weighted by Crippen LogP contribution is 2.45. The van der Waals surface area contributed by atoms with Crippen LogP contribution in [0.15, 0.2) is 10.5 Å². The van der Waals surface area contributed by atoms with Crippen LogP contribution in [0.2, 0.25) is 0 Å². The number of halogens is 1. The van der Waals surface area contributed by atoms with E-state index in [9.17, 15) is 0 Å². The summed E-state index contributed by atoms with van der Waals surface area (Å²) in [6.45, 7) is 10.2. The summed E-state index contributed by atoms with van der Waals surface area (Å²) in [5, 5.41) is 3.68. The molecule has 0 aromatic carbocycles. The van der Waals surface area contributed by atoms with Crippen LogP contribution in [0.5, 0.6) is 0 Å². The molecule has 1 aromatic rings. The number of aryl methyl sites for hydroxylation is 2. The van der Waals surface area contributed by atoms with Crippen LogP contribution in [0.3, 0.4) is 0 Å². The molecule has 3 heteroatoms. The first-order valence-corrected chi connectivity index (χ1v) is 9.91. The van der Waals surface area contributed by atoms with Crippen molar-refractivity contribution in [1.29, 1.82) is 0 Å². The Morgan fingerprint density at radius 2 is 1.90 bits per heavy atom. The first-order chi connectivity index (χ1) is 9.80. The zero-order valence-electron chi connectivity index (χ0n) is 14.0. The van der Waals surface area contributed by atoms with Crippen molar-refractivity contribution < 1.29 is 0 Å². The van der Waals surface area contributed by atoms with E-state index in [1.807, 2.05) is 11.3 Å². The summed E-state index contributed by atoms with van der Waals surface area (Å²) in [5.74, 6) is 0. The van der Waals surface area contributed by atoms with Gasteiger partial charge in [0.2, 0.25) is 0 Å². The third kappa shape index (κ3) is 5.37. The first kappa shape index (κ1) is 17.5. The number of nitrogens with one attached hydrogen (secondary N) is 1. The molecule has 1 aliphatic rings. The van der Waals surface area contributed by atoms with E-state index < -0.39 is 0 Å². The maximum Gasteiger partial charge on any atom is 0.0317 e. The lowest BCUT2D eigenvalue weighted by molar-refractivity contribution is 0.235. The number of rotatable bonds is 6. The maximum absolute atomic E-state index is 3.72. The highest BCUT2D eigenvalue weighted by Gasteiger charge is 2.33. The molecule has 0 saturated heterocycles. The van der Waals surface area contributed by atoms with Crippen molar-refractivity contribution in [3.63, 3.8) is 0 Å². The second kappa shape index (κ2) is 7.14. The molecule has 0 amide bonds. The lowest BCUT2D eigenvalue weighted by atomic mass is 9.78. The molecule has 1 aliphatic carbocycles. The third-order valence-electron chi connectivity index (χ3n) is 4.74. The molecular formula is C18H30BrNS. The van der Waals surface area contributed by atoms with E-state index in [0.29, 0.717) is 5.41 Å². The van der Waals surface area contributed by atoms with Gasteiger partial charge in [-0.1, -0.05) is 12.8 Å². The maximum atomic E-state index is 3.72. The Hall–Kier alpha value is 0.140. The Morgan fingerprint density at radius 1 is 1.24 bits per heavy atom. The van der Waals surface area contributed by atoms with E-state index in [1.165, 1.54) is 54.3 Å². The fourth-order valence-electron chi connectivity index (χ4n) is 3.53. The molecule has 2 rings (SSSR count). The summed E-state index contributed by atoms with van der Waals surface area (Å²) in [6.07, 6.45) is 9.67. The second-order valence-corrected chi connectivity index (χ2v) is 9.96. The monoisotopic (exact) mass is 371 g/mol. The van der Waals surface area contributed by atoms with Crippen LogP contribution in [-0.2, 0) is 6.42 Å². The van der Waals surface area contributed by atoms with Gasteiger partial charge in [0, 0.05) is 19.8 Å². The van der Waals surface area contributed by atoms with Crippen LogP contribution in [0, 0.1) is 12.3 Å². The SMILES string of the molecule is Cc1cc(Br)c(CCC2(CCNC(C)(C)C)CCCC2)s1. The van der Waals surface area contributed by atoms with Crippen molar-refractivity contribution >= 4 is 27.3 Å². The van der Waals surface area contributed by atoms with Gasteiger partial charge >= 0.3 is 0 Å². The van der Waals surface area contributed by atoms with Gasteiger partial charge in [0.1, 0.15) is 0 Å². The molecule has 0 bridgehead atoms. The fraction of sp³-hybridized carbons (Fsp3) is 0.778. The number of hydrogen-bond donors (Lipinski definition) is 1. The van der Waals surface area contributed by atoms with Gasteiger partial charge in [0.05, 0.1) is 0 Å². The molecule has 1 saturated carbocycles. The smallest absolute Gasteiger partial charge is 0.0317 e. The Bertz CT molecular complexity index is 452. The topological polar surface area (TPSA) is 12.0 Å². The van der Waals surface area contributed by atoms with Crippen LogP contribution in [-0.4, -0.2) is 12.1 Å². The molecule has 1 heterocycles. The van der Waals surface area contributed by atoms with E-state index in [4.69, 9.17) is 0 Å². The van der Waals surface area contributed by atoms with E-state index in [0.717, 1.165) is 6.54 Å². The lowest BCUT2D eigenvalue weighted by Crippen LogP contribution is -2.38. The summed E-state index contributed by atoms with van der Waals surface area (Å²) < 4.78 is 1.32. The Labute approximate surface area is 143 Å². The highest BCUT2D eigenvalue weighted by atomic mass is 79.9. The summed E-state index contributed by atoms with van der Waals surface area (Å²) in [4.78, 5) is 2.97. The molecular weight excluding hydrogens is 342 g/mol. The highest BCUT2D eigenvalue weighted by molar-refractivity contribution is 9.10. The summed E-state index contributed by atoms with van der Waals surface area (Å²) in [5.41, 5.74) is 0.837. The van der Waals surface area contributed by atoms with Gasteiger partial charge < -0.3 is 5.32 Å². The van der Waals surface area contributed by atoms with E-state index in [-0.39, 0.29) is 5.54 Å². The molecule has 0 atom stereocenters. The molecule has 1 fully saturated rings. The van der Waals surface area contributed by atoms with Crippen LogP contribution in [0.1, 0.15) is 69.1 Å². The van der Waals surface area contributed by atoms with E-state index >= 15 is 0 Å². The largest absolute Gasteiger partial charge is 0.312 e. The minimum Gasteiger partial charge on any atom is -0.312 e. The third-order valence-corrected chi connectivity index (χ3v) is 6.82. The van der Waals surface area contributed by atoms with Gasteiger partial charge in [-0.3, -0.25) is 0 Å². The average molecular weight is 372 g/mol. The molecule has 1 nitrogen and oxygen atoms in total. The zero-order valence-corrected chi connectivity index (χ0v) is 16.4. The Balaban J connectivity index is 1.90. The molecule has 0 spiro atoms. The molecule has 21 heavy (non-hydrogen) atoms. The van der Waals surface area contributed by atoms with Crippen molar-refractivity contribution in [2.75, 3.05) is 6.54 Å². The van der Waals surface area contributed by atoms with Crippen molar-refractivity contribution in [1.82, 2.24) is 5.32 Å².